The molecule has 0 bridgehead atoms. The van der Waals surface area contributed by atoms with E-state index in [0.717, 1.165) is 61.4 Å². The largest absolute Gasteiger partial charge is 0.272 e. The van der Waals surface area contributed by atoms with Crippen molar-refractivity contribution in [2.75, 3.05) is 5.75 Å². The fourth-order valence-corrected chi connectivity index (χ4v) is 7.34. The van der Waals surface area contributed by atoms with Gasteiger partial charge in [0.15, 0.2) is 5.16 Å². The number of rotatable bonds is 6. The van der Waals surface area contributed by atoms with Crippen LogP contribution in [0.25, 0.3) is 15.9 Å². The third-order valence-electron chi connectivity index (χ3n) is 5.56. The van der Waals surface area contributed by atoms with Crippen molar-refractivity contribution in [3.63, 3.8) is 0 Å². The van der Waals surface area contributed by atoms with Crippen LogP contribution in [0.2, 0.25) is 0 Å². The maximum absolute atomic E-state index is 13.7. The number of nitrogens with one attached hydrogen (secondary N) is 1. The predicted octanol–water partition coefficient (Wildman–Crippen LogP) is 5.70. The Morgan fingerprint density at radius 1 is 1.21 bits per heavy atom. The summed E-state index contributed by atoms with van der Waals surface area (Å²) in [6.07, 6.45) is 5.79. The zero-order chi connectivity index (χ0) is 23.7. The Bertz CT molecular complexity index is 1450. The monoisotopic (exact) mass is 572 g/mol. The summed E-state index contributed by atoms with van der Waals surface area (Å²) < 4.78 is 2.65. The van der Waals surface area contributed by atoms with E-state index < -0.39 is 0 Å². The van der Waals surface area contributed by atoms with E-state index in [1.165, 1.54) is 28.0 Å². The smallest absolute Gasteiger partial charge is 0.267 e. The summed E-state index contributed by atoms with van der Waals surface area (Å²) in [6, 6.07) is 11.7. The van der Waals surface area contributed by atoms with Crippen molar-refractivity contribution in [1.82, 2.24) is 15.0 Å². The molecule has 6 nitrogen and oxygen atoms in total. The molecule has 0 spiro atoms. The van der Waals surface area contributed by atoms with Crippen molar-refractivity contribution in [2.24, 2.45) is 5.10 Å². The molecule has 0 radical (unpaired) electrons. The van der Waals surface area contributed by atoms with Crippen LogP contribution in [0.3, 0.4) is 0 Å². The molecular weight excluding hydrogens is 552 g/mol. The maximum atomic E-state index is 13.7. The Morgan fingerprint density at radius 3 is 2.76 bits per heavy atom. The van der Waals surface area contributed by atoms with Crippen molar-refractivity contribution in [3.05, 3.63) is 71.4 Å². The molecule has 1 aliphatic rings. The first kappa shape index (κ1) is 23.5. The molecule has 1 amide bonds. The summed E-state index contributed by atoms with van der Waals surface area (Å²) in [5.41, 5.74) is 5.53. The average Bonchev–Trinajstić information content (AvgIpc) is 3.41. The van der Waals surface area contributed by atoms with E-state index in [4.69, 9.17) is 4.98 Å². The standard InChI is InChI=1S/C24H21BrN4O2S3/c1-14-6-8-15(9-7-14)29-23(31)21-17-4-2-3-5-18(17)34-22(21)27-24(29)32-13-20(30)28-26-12-16-10-11-19(25)33-16/h6-12H,2-5,13H2,1H3,(H,28,30)/b26-12-. The molecule has 0 saturated heterocycles. The van der Waals surface area contributed by atoms with Crippen LogP contribution in [0.4, 0.5) is 0 Å². The number of hydrogen-bond acceptors (Lipinski definition) is 7. The number of aryl methyl sites for hydroxylation is 3. The highest BCUT2D eigenvalue weighted by Crippen LogP contribution is 2.35. The number of fused-ring (bicyclic) bond motifs is 3. The fraction of sp³-hybridized carbons (Fsp3) is 0.250. The zero-order valence-electron chi connectivity index (χ0n) is 18.3. The molecule has 1 aliphatic carbocycles. The van der Waals surface area contributed by atoms with Crippen molar-refractivity contribution in [2.45, 2.75) is 37.8 Å². The number of halogens is 1. The first-order chi connectivity index (χ1) is 16.5. The molecule has 1 aromatic carbocycles. The van der Waals surface area contributed by atoms with Gasteiger partial charge in [0.25, 0.3) is 11.5 Å². The highest BCUT2D eigenvalue weighted by atomic mass is 79.9. The van der Waals surface area contributed by atoms with Crippen LogP contribution in [-0.2, 0) is 17.6 Å². The third-order valence-corrected chi connectivity index (χ3v) is 9.24. The molecule has 10 heteroatoms. The second kappa shape index (κ2) is 10.2. The molecular formula is C24H21BrN4O2S3. The number of benzene rings is 1. The molecule has 0 atom stereocenters. The lowest BCUT2D eigenvalue weighted by Crippen LogP contribution is -2.24. The summed E-state index contributed by atoms with van der Waals surface area (Å²) >= 11 is 7.80. The number of hydrazone groups is 1. The summed E-state index contributed by atoms with van der Waals surface area (Å²) in [4.78, 5) is 34.0. The van der Waals surface area contributed by atoms with Gasteiger partial charge in [-0.05, 0) is 78.4 Å². The van der Waals surface area contributed by atoms with Gasteiger partial charge in [-0.25, -0.2) is 10.4 Å². The topological polar surface area (TPSA) is 76.3 Å². The Kier molecular flexibility index (Phi) is 7.01. The number of carbonyl (C=O) groups excluding carboxylic acids is 1. The highest BCUT2D eigenvalue weighted by molar-refractivity contribution is 9.11. The van der Waals surface area contributed by atoms with Gasteiger partial charge < -0.3 is 0 Å². The van der Waals surface area contributed by atoms with Gasteiger partial charge in [-0.2, -0.15) is 5.10 Å². The molecule has 174 valence electrons. The van der Waals surface area contributed by atoms with Gasteiger partial charge in [0, 0.05) is 9.75 Å². The van der Waals surface area contributed by atoms with E-state index >= 15 is 0 Å². The predicted molar refractivity (Wildman–Crippen MR) is 145 cm³/mol. The minimum atomic E-state index is -0.257. The Morgan fingerprint density at radius 2 is 2.00 bits per heavy atom. The fourth-order valence-electron chi connectivity index (χ4n) is 3.93. The molecule has 0 aliphatic heterocycles. The Hall–Kier alpha value is -2.27. The summed E-state index contributed by atoms with van der Waals surface area (Å²) in [5.74, 6) is -0.160. The molecule has 0 fully saturated rings. The highest BCUT2D eigenvalue weighted by Gasteiger charge is 2.23. The van der Waals surface area contributed by atoms with Crippen LogP contribution in [0, 0.1) is 6.92 Å². The SMILES string of the molecule is Cc1ccc(-n2c(SCC(=O)N/N=C\c3ccc(Br)s3)nc3sc4c(c3c2=O)CCCC4)cc1. The summed E-state index contributed by atoms with van der Waals surface area (Å²) in [7, 11) is 0. The number of nitrogens with zero attached hydrogens (tertiary/aromatic N) is 3. The van der Waals surface area contributed by atoms with Gasteiger partial charge in [-0.1, -0.05) is 29.5 Å². The van der Waals surface area contributed by atoms with E-state index in [1.807, 2.05) is 43.3 Å². The van der Waals surface area contributed by atoms with E-state index in [2.05, 4.69) is 26.5 Å². The molecule has 5 rings (SSSR count). The van der Waals surface area contributed by atoms with Gasteiger partial charge in [-0.3, -0.25) is 14.2 Å². The molecule has 0 saturated carbocycles. The van der Waals surface area contributed by atoms with Gasteiger partial charge in [0.1, 0.15) is 4.83 Å². The molecule has 4 aromatic rings. The Balaban J connectivity index is 1.45. The summed E-state index contributed by atoms with van der Waals surface area (Å²) in [5, 5.41) is 5.29. The van der Waals surface area contributed by atoms with Gasteiger partial charge in [0.05, 0.1) is 26.8 Å². The number of thioether (sulfide) groups is 1. The van der Waals surface area contributed by atoms with Crippen LogP contribution in [0.15, 0.2) is 55.2 Å². The van der Waals surface area contributed by atoms with Crippen LogP contribution in [0.1, 0.15) is 33.7 Å². The van der Waals surface area contributed by atoms with Crippen molar-refractivity contribution in [3.8, 4) is 5.69 Å². The Labute approximate surface area is 217 Å². The van der Waals surface area contributed by atoms with Crippen LogP contribution in [-0.4, -0.2) is 27.4 Å². The number of hydrogen-bond donors (Lipinski definition) is 1. The van der Waals surface area contributed by atoms with Crippen molar-refractivity contribution >= 4 is 72.7 Å². The van der Waals surface area contributed by atoms with Crippen molar-refractivity contribution in [1.29, 1.82) is 0 Å². The van der Waals surface area contributed by atoms with Crippen LogP contribution < -0.4 is 11.0 Å². The number of carbonyl (C=O) groups is 1. The van der Waals surface area contributed by atoms with E-state index in [1.54, 1.807) is 22.1 Å². The average molecular weight is 574 g/mol. The minimum Gasteiger partial charge on any atom is -0.272 e. The lowest BCUT2D eigenvalue weighted by atomic mass is 9.97. The normalized spacial score (nSPS) is 13.5. The first-order valence-corrected chi connectivity index (χ1v) is 14.2. The van der Waals surface area contributed by atoms with Crippen LogP contribution >= 0.6 is 50.4 Å². The van der Waals surface area contributed by atoms with Gasteiger partial charge >= 0.3 is 0 Å². The second-order valence-corrected chi connectivity index (χ2v) is 12.5. The zero-order valence-corrected chi connectivity index (χ0v) is 22.4. The molecule has 34 heavy (non-hydrogen) atoms. The van der Waals surface area contributed by atoms with Gasteiger partial charge in [-0.15, -0.1) is 22.7 Å². The number of aromatic nitrogens is 2. The third kappa shape index (κ3) is 4.91. The minimum absolute atomic E-state index is 0.0579. The van der Waals surface area contributed by atoms with Crippen LogP contribution in [0.5, 0.6) is 0 Å². The van der Waals surface area contributed by atoms with Crippen molar-refractivity contribution < 1.29 is 4.79 Å². The van der Waals surface area contributed by atoms with E-state index in [9.17, 15) is 9.59 Å². The number of thiophene rings is 2. The summed E-state index contributed by atoms with van der Waals surface area (Å²) in [6.45, 7) is 2.01. The molecule has 0 unspecified atom stereocenters. The second-order valence-electron chi connectivity index (χ2n) is 7.99. The van der Waals surface area contributed by atoms with E-state index in [0.29, 0.717) is 5.16 Å². The first-order valence-electron chi connectivity index (χ1n) is 10.8. The quantitative estimate of drug-likeness (QED) is 0.139. The maximum Gasteiger partial charge on any atom is 0.267 e. The lowest BCUT2D eigenvalue weighted by Gasteiger charge is -2.13. The van der Waals surface area contributed by atoms with E-state index in [-0.39, 0.29) is 17.2 Å². The molecule has 3 heterocycles. The lowest BCUT2D eigenvalue weighted by molar-refractivity contribution is -0.118. The molecule has 3 aromatic heterocycles. The van der Waals surface area contributed by atoms with Gasteiger partial charge in [0.2, 0.25) is 0 Å². The molecule has 1 N–H and O–H groups in total. The number of amides is 1.